The molecule has 5 heteroatoms. The van der Waals surface area contributed by atoms with Gasteiger partial charge in [0.05, 0.1) is 17.9 Å². The predicted molar refractivity (Wildman–Crippen MR) is 135 cm³/mol. The number of carbonyl (C=O) groups excluding carboxylic acids is 2. The fourth-order valence-corrected chi connectivity index (χ4v) is 4.87. The Morgan fingerprint density at radius 2 is 1.69 bits per heavy atom. The van der Waals surface area contributed by atoms with Gasteiger partial charge in [-0.25, -0.2) is 4.79 Å². The molecule has 1 atom stereocenters. The Labute approximate surface area is 205 Å². The second kappa shape index (κ2) is 9.26. The third-order valence-corrected chi connectivity index (χ3v) is 6.45. The Hall–Kier alpha value is -4.12. The van der Waals surface area contributed by atoms with Gasteiger partial charge in [-0.1, -0.05) is 66.2 Å². The van der Waals surface area contributed by atoms with E-state index >= 15 is 0 Å². The average Bonchev–Trinajstić information content (AvgIpc) is 3.14. The molecule has 0 saturated carbocycles. The van der Waals surface area contributed by atoms with Gasteiger partial charge in [0.25, 0.3) is 0 Å². The van der Waals surface area contributed by atoms with Crippen molar-refractivity contribution in [2.24, 2.45) is 0 Å². The molecule has 3 aromatic rings. The third kappa shape index (κ3) is 4.14. The number of fused-ring (bicyclic) bond motifs is 2. The van der Waals surface area contributed by atoms with Crippen LogP contribution in [0, 0.1) is 6.92 Å². The van der Waals surface area contributed by atoms with E-state index in [1.807, 2.05) is 67.6 Å². The number of carbonyl (C=O) groups is 2. The van der Waals surface area contributed by atoms with Crippen LogP contribution in [0.4, 0.5) is 0 Å². The van der Waals surface area contributed by atoms with Crippen LogP contribution in [-0.4, -0.2) is 18.4 Å². The number of hydrogen-bond acceptors (Lipinski definition) is 5. The van der Waals surface area contributed by atoms with E-state index in [-0.39, 0.29) is 12.4 Å². The highest BCUT2D eigenvalue weighted by atomic mass is 16.5. The minimum atomic E-state index is -0.531. The zero-order valence-corrected chi connectivity index (χ0v) is 20.1. The zero-order valence-electron chi connectivity index (χ0n) is 20.1. The molecule has 0 amide bonds. The number of Topliss-reactive ketones (excluding diaryl/α,β-unsaturated/α-hetero) is 1. The topological polar surface area (TPSA) is 64.6 Å². The summed E-state index contributed by atoms with van der Waals surface area (Å²) in [7, 11) is 0. The van der Waals surface area contributed by atoms with Gasteiger partial charge >= 0.3 is 5.97 Å². The van der Waals surface area contributed by atoms with E-state index in [0.717, 1.165) is 28.1 Å². The van der Waals surface area contributed by atoms with Crippen LogP contribution in [0.25, 0.3) is 5.70 Å². The van der Waals surface area contributed by atoms with Gasteiger partial charge in [-0.2, -0.15) is 0 Å². The van der Waals surface area contributed by atoms with E-state index in [1.165, 1.54) is 5.56 Å². The SMILES string of the molecule is CCOC(=O)C1=C(C)NC2=C(C(=O)c3ccccc32)[C@H]1c1ccc(OCc2cccc(C)c2)cc1. The fourth-order valence-electron chi connectivity index (χ4n) is 4.87. The number of ketones is 1. The molecule has 3 aromatic carbocycles. The summed E-state index contributed by atoms with van der Waals surface area (Å²) in [6, 6.07) is 23.4. The highest BCUT2D eigenvalue weighted by molar-refractivity contribution is 6.23. The maximum atomic E-state index is 13.5. The van der Waals surface area contributed by atoms with E-state index in [9.17, 15) is 9.59 Å². The van der Waals surface area contributed by atoms with Crippen molar-refractivity contribution in [1.82, 2.24) is 5.32 Å². The molecule has 0 fully saturated rings. The third-order valence-electron chi connectivity index (χ3n) is 6.45. The lowest BCUT2D eigenvalue weighted by Gasteiger charge is -2.29. The maximum Gasteiger partial charge on any atom is 0.336 e. The molecule has 5 nitrogen and oxygen atoms in total. The van der Waals surface area contributed by atoms with Gasteiger partial charge in [0.2, 0.25) is 0 Å². The lowest BCUT2D eigenvalue weighted by atomic mass is 9.80. The molecular formula is C30H27NO4. The number of hydrogen-bond donors (Lipinski definition) is 1. The van der Waals surface area contributed by atoms with Crippen LogP contribution in [0.3, 0.4) is 0 Å². The first-order chi connectivity index (χ1) is 17.0. The number of nitrogens with one attached hydrogen (secondary N) is 1. The number of dihydropyridines is 1. The summed E-state index contributed by atoms with van der Waals surface area (Å²) in [6.45, 7) is 6.41. The monoisotopic (exact) mass is 465 g/mol. The zero-order chi connectivity index (χ0) is 24.5. The molecule has 0 bridgehead atoms. The first-order valence-electron chi connectivity index (χ1n) is 11.8. The molecule has 35 heavy (non-hydrogen) atoms. The molecule has 0 aromatic heterocycles. The summed E-state index contributed by atoms with van der Waals surface area (Å²) in [5.41, 5.74) is 7.12. The minimum absolute atomic E-state index is 0.0674. The normalized spacial score (nSPS) is 16.5. The first-order valence-corrected chi connectivity index (χ1v) is 11.8. The van der Waals surface area contributed by atoms with Crippen molar-refractivity contribution in [1.29, 1.82) is 0 Å². The molecule has 176 valence electrons. The Morgan fingerprint density at radius 1 is 0.943 bits per heavy atom. The molecule has 0 radical (unpaired) electrons. The van der Waals surface area contributed by atoms with E-state index in [4.69, 9.17) is 9.47 Å². The number of allylic oxidation sites excluding steroid dienone is 2. The van der Waals surface area contributed by atoms with Crippen molar-refractivity contribution in [2.45, 2.75) is 33.3 Å². The van der Waals surface area contributed by atoms with Crippen molar-refractivity contribution in [3.8, 4) is 5.75 Å². The fraction of sp³-hybridized carbons (Fsp3) is 0.200. The largest absolute Gasteiger partial charge is 0.489 e. The van der Waals surface area contributed by atoms with Gasteiger partial charge in [-0.15, -0.1) is 0 Å². The molecule has 1 N–H and O–H groups in total. The molecular weight excluding hydrogens is 438 g/mol. The summed E-state index contributed by atoms with van der Waals surface area (Å²) in [5.74, 6) is -0.298. The van der Waals surface area contributed by atoms with Crippen LogP contribution in [0.15, 0.2) is 89.6 Å². The number of rotatable bonds is 6. The van der Waals surface area contributed by atoms with Crippen LogP contribution in [0.1, 0.15) is 52.4 Å². The van der Waals surface area contributed by atoms with Gasteiger partial charge in [-0.3, -0.25) is 4.79 Å². The molecule has 1 heterocycles. The Balaban J connectivity index is 1.50. The minimum Gasteiger partial charge on any atom is -0.489 e. The summed E-state index contributed by atoms with van der Waals surface area (Å²) in [5, 5.41) is 3.32. The maximum absolute atomic E-state index is 13.5. The average molecular weight is 466 g/mol. The highest BCUT2D eigenvalue weighted by Gasteiger charge is 2.42. The quantitative estimate of drug-likeness (QED) is 0.473. The van der Waals surface area contributed by atoms with Crippen molar-refractivity contribution in [2.75, 3.05) is 6.61 Å². The molecule has 1 aliphatic heterocycles. The lowest BCUT2D eigenvalue weighted by Crippen LogP contribution is -2.29. The second-order valence-corrected chi connectivity index (χ2v) is 8.83. The van der Waals surface area contributed by atoms with Gasteiger partial charge in [0.15, 0.2) is 5.78 Å². The van der Waals surface area contributed by atoms with Gasteiger partial charge in [0.1, 0.15) is 12.4 Å². The summed E-state index contributed by atoms with van der Waals surface area (Å²) in [6.07, 6.45) is 0. The van der Waals surface area contributed by atoms with Crippen LogP contribution < -0.4 is 10.1 Å². The Bertz CT molecular complexity index is 1380. The van der Waals surface area contributed by atoms with E-state index < -0.39 is 11.9 Å². The van der Waals surface area contributed by atoms with Crippen LogP contribution in [-0.2, 0) is 16.1 Å². The number of aryl methyl sites for hydroxylation is 1. The summed E-state index contributed by atoms with van der Waals surface area (Å²) in [4.78, 5) is 26.5. The van der Waals surface area contributed by atoms with E-state index in [1.54, 1.807) is 6.92 Å². The van der Waals surface area contributed by atoms with Crippen molar-refractivity contribution in [3.05, 3.63) is 117 Å². The number of esters is 1. The smallest absolute Gasteiger partial charge is 0.336 e. The highest BCUT2D eigenvalue weighted by Crippen LogP contribution is 2.46. The summed E-state index contributed by atoms with van der Waals surface area (Å²) >= 11 is 0. The lowest BCUT2D eigenvalue weighted by molar-refractivity contribution is -0.138. The summed E-state index contributed by atoms with van der Waals surface area (Å²) < 4.78 is 11.4. The second-order valence-electron chi connectivity index (χ2n) is 8.83. The van der Waals surface area contributed by atoms with Gasteiger partial charge in [0, 0.05) is 28.3 Å². The molecule has 0 unspecified atom stereocenters. The van der Waals surface area contributed by atoms with Crippen molar-refractivity contribution < 1.29 is 19.1 Å². The molecule has 0 saturated heterocycles. The van der Waals surface area contributed by atoms with Crippen molar-refractivity contribution in [3.63, 3.8) is 0 Å². The molecule has 0 spiro atoms. The standard InChI is InChI=1S/C30H27NO4/c1-4-34-30(33)25-19(3)31-28-23-10-5-6-11-24(23)29(32)27(28)26(25)21-12-14-22(15-13-21)35-17-20-9-7-8-18(2)16-20/h5-16,26,31H,4,17H2,1-3H3/t26-/m0/s1. The van der Waals surface area contributed by atoms with Crippen LogP contribution >= 0.6 is 0 Å². The van der Waals surface area contributed by atoms with Crippen LogP contribution in [0.2, 0.25) is 0 Å². The number of ether oxygens (including phenoxy) is 2. The predicted octanol–water partition coefficient (Wildman–Crippen LogP) is 5.71. The Kier molecular flexibility index (Phi) is 6.00. The van der Waals surface area contributed by atoms with E-state index in [0.29, 0.717) is 29.0 Å². The number of benzene rings is 3. The molecule has 2 aliphatic rings. The first kappa shape index (κ1) is 22.7. The van der Waals surface area contributed by atoms with E-state index in [2.05, 4.69) is 24.4 Å². The molecule has 1 aliphatic carbocycles. The van der Waals surface area contributed by atoms with Crippen molar-refractivity contribution >= 4 is 17.4 Å². The molecule has 5 rings (SSSR count). The Morgan fingerprint density at radius 3 is 2.40 bits per heavy atom. The van der Waals surface area contributed by atoms with Gasteiger partial charge in [-0.05, 0) is 44.0 Å². The van der Waals surface area contributed by atoms with Crippen LogP contribution in [0.5, 0.6) is 5.75 Å². The van der Waals surface area contributed by atoms with Gasteiger partial charge < -0.3 is 14.8 Å².